The second kappa shape index (κ2) is 10.1. The highest BCUT2D eigenvalue weighted by Crippen LogP contribution is 2.27. The van der Waals surface area contributed by atoms with Crippen molar-refractivity contribution in [2.45, 2.75) is 26.2 Å². The molecule has 138 valence electrons. The number of anilines is 1. The van der Waals surface area contributed by atoms with Gasteiger partial charge in [0.25, 0.3) is 0 Å². The molecule has 0 aliphatic rings. The number of carboxylic acid groups (broad SMARTS) is 1. The topological polar surface area (TPSA) is 80.2 Å². The van der Waals surface area contributed by atoms with Crippen molar-refractivity contribution < 1.29 is 19.4 Å². The molecule has 6 nitrogen and oxygen atoms in total. The summed E-state index contributed by atoms with van der Waals surface area (Å²) in [5.74, 6) is 0.387. The summed E-state index contributed by atoms with van der Waals surface area (Å²) in [5, 5.41) is 13.1. The summed E-state index contributed by atoms with van der Waals surface area (Å²) in [4.78, 5) is 11.0. The molecule has 0 fully saturated rings. The van der Waals surface area contributed by atoms with Gasteiger partial charge in [-0.2, -0.15) is 5.10 Å². The number of nitrogens with zero attached hydrogens (tertiary/aromatic N) is 1. The molecule has 6 heteroatoms. The molecule has 2 aromatic carbocycles. The molecule has 2 N–H and O–H groups in total. The monoisotopic (exact) mass is 356 g/mol. The normalized spacial score (nSPS) is 10.7. The van der Waals surface area contributed by atoms with Gasteiger partial charge >= 0.3 is 5.97 Å². The van der Waals surface area contributed by atoms with Gasteiger partial charge in [-0.15, -0.1) is 0 Å². The number of rotatable bonds is 10. The van der Waals surface area contributed by atoms with Crippen LogP contribution in [0.2, 0.25) is 0 Å². The second-order valence-electron chi connectivity index (χ2n) is 5.72. The summed E-state index contributed by atoms with van der Waals surface area (Å²) >= 11 is 0. The number of aromatic carboxylic acids is 1. The smallest absolute Gasteiger partial charge is 0.335 e. The first-order chi connectivity index (χ1) is 12.6. The fourth-order valence-corrected chi connectivity index (χ4v) is 2.32. The van der Waals surface area contributed by atoms with Crippen LogP contribution in [-0.4, -0.2) is 31.0 Å². The number of benzene rings is 2. The third-order valence-electron chi connectivity index (χ3n) is 3.71. The van der Waals surface area contributed by atoms with Crippen molar-refractivity contribution in [1.29, 1.82) is 0 Å². The number of ether oxygens (including phenoxy) is 2. The van der Waals surface area contributed by atoms with Gasteiger partial charge in [-0.05, 0) is 48.4 Å². The third-order valence-corrected chi connectivity index (χ3v) is 3.71. The Bertz CT molecular complexity index is 759. The van der Waals surface area contributed by atoms with Crippen LogP contribution in [0.1, 0.15) is 42.1 Å². The van der Waals surface area contributed by atoms with Crippen molar-refractivity contribution in [2.24, 2.45) is 5.10 Å². The predicted molar refractivity (Wildman–Crippen MR) is 103 cm³/mol. The molecule has 26 heavy (non-hydrogen) atoms. The second-order valence-corrected chi connectivity index (χ2v) is 5.72. The van der Waals surface area contributed by atoms with Crippen molar-refractivity contribution in [3.05, 3.63) is 53.6 Å². The summed E-state index contributed by atoms with van der Waals surface area (Å²) in [5.41, 5.74) is 4.47. The molecule has 0 spiro atoms. The number of nitrogens with one attached hydrogen (secondary N) is 1. The van der Waals surface area contributed by atoms with Crippen molar-refractivity contribution in [3.8, 4) is 11.5 Å². The maximum absolute atomic E-state index is 11.0. The highest BCUT2D eigenvalue weighted by atomic mass is 16.5. The van der Waals surface area contributed by atoms with Crippen molar-refractivity contribution in [1.82, 2.24) is 0 Å². The molecule has 2 rings (SSSR count). The molecule has 0 heterocycles. The third kappa shape index (κ3) is 5.81. The number of hydrogen-bond acceptors (Lipinski definition) is 5. The van der Waals surface area contributed by atoms with Gasteiger partial charge in [-0.25, -0.2) is 4.79 Å². The van der Waals surface area contributed by atoms with Gasteiger partial charge in [-0.1, -0.05) is 25.8 Å². The number of unbranched alkanes of at least 4 members (excludes halogenated alkanes) is 2. The molecule has 0 aliphatic heterocycles. The highest BCUT2D eigenvalue weighted by molar-refractivity contribution is 5.89. The van der Waals surface area contributed by atoms with Gasteiger partial charge in [-0.3, -0.25) is 5.43 Å². The van der Waals surface area contributed by atoms with E-state index >= 15 is 0 Å². The van der Waals surface area contributed by atoms with E-state index in [0.717, 1.165) is 24.8 Å². The maximum atomic E-state index is 11.0. The van der Waals surface area contributed by atoms with Crippen LogP contribution in [0.15, 0.2) is 47.6 Å². The lowest BCUT2D eigenvalue weighted by Gasteiger charge is -2.11. The van der Waals surface area contributed by atoms with E-state index in [1.54, 1.807) is 25.5 Å². The zero-order chi connectivity index (χ0) is 18.8. The molecular weight excluding hydrogens is 332 g/mol. The summed E-state index contributed by atoms with van der Waals surface area (Å²) < 4.78 is 11.1. The Morgan fingerprint density at radius 3 is 2.77 bits per heavy atom. The Morgan fingerprint density at radius 1 is 1.19 bits per heavy atom. The van der Waals surface area contributed by atoms with Crippen molar-refractivity contribution in [3.63, 3.8) is 0 Å². The molecule has 0 aliphatic carbocycles. The predicted octanol–water partition coefficient (Wildman–Crippen LogP) is 4.41. The fraction of sp³-hybridized carbons (Fsp3) is 0.300. The minimum absolute atomic E-state index is 0.205. The van der Waals surface area contributed by atoms with Crippen LogP contribution >= 0.6 is 0 Å². The summed E-state index contributed by atoms with van der Waals surface area (Å²) in [6.07, 6.45) is 4.94. The lowest BCUT2D eigenvalue weighted by molar-refractivity contribution is 0.0697. The van der Waals surface area contributed by atoms with Crippen LogP contribution in [0.3, 0.4) is 0 Å². The molecule has 0 amide bonds. The first-order valence-electron chi connectivity index (χ1n) is 8.57. The molecule has 0 saturated heterocycles. The van der Waals surface area contributed by atoms with Gasteiger partial charge in [0, 0.05) is 0 Å². The average Bonchev–Trinajstić information content (AvgIpc) is 2.66. The van der Waals surface area contributed by atoms with Crippen LogP contribution in [-0.2, 0) is 0 Å². The van der Waals surface area contributed by atoms with Crippen molar-refractivity contribution >= 4 is 17.9 Å². The molecular formula is C20H24N2O4. The lowest BCUT2D eigenvalue weighted by atomic mass is 10.2. The van der Waals surface area contributed by atoms with Crippen LogP contribution in [0, 0.1) is 0 Å². The Balaban J connectivity index is 1.99. The first-order valence-corrected chi connectivity index (χ1v) is 8.57. The summed E-state index contributed by atoms with van der Waals surface area (Å²) in [7, 11) is 1.60. The Morgan fingerprint density at radius 2 is 2.04 bits per heavy atom. The van der Waals surface area contributed by atoms with Gasteiger partial charge in [0.15, 0.2) is 11.5 Å². The van der Waals surface area contributed by atoms with E-state index in [1.165, 1.54) is 12.1 Å². The van der Waals surface area contributed by atoms with Crippen LogP contribution in [0.5, 0.6) is 11.5 Å². The van der Waals surface area contributed by atoms with Gasteiger partial charge < -0.3 is 14.6 Å². The fourth-order valence-electron chi connectivity index (χ4n) is 2.32. The molecule has 0 bridgehead atoms. The zero-order valence-electron chi connectivity index (χ0n) is 15.1. The van der Waals surface area contributed by atoms with E-state index in [1.807, 2.05) is 18.2 Å². The van der Waals surface area contributed by atoms with E-state index in [-0.39, 0.29) is 5.56 Å². The number of hydrogen-bond donors (Lipinski definition) is 2. The molecule has 0 saturated carbocycles. The van der Waals surface area contributed by atoms with Gasteiger partial charge in [0.2, 0.25) is 0 Å². The number of hydrazone groups is 1. The molecule has 0 unspecified atom stereocenters. The quantitative estimate of drug-likeness (QED) is 0.374. The number of methoxy groups -OCH3 is 1. The van der Waals surface area contributed by atoms with E-state index in [0.29, 0.717) is 23.8 Å². The van der Waals surface area contributed by atoms with Gasteiger partial charge in [0.1, 0.15) is 0 Å². The molecule has 0 atom stereocenters. The van der Waals surface area contributed by atoms with Crippen LogP contribution in [0.25, 0.3) is 0 Å². The molecule has 0 radical (unpaired) electrons. The number of carboxylic acids is 1. The first kappa shape index (κ1) is 19.3. The average molecular weight is 356 g/mol. The lowest BCUT2D eigenvalue weighted by Crippen LogP contribution is -2.00. The Kier molecular flexibility index (Phi) is 7.49. The zero-order valence-corrected chi connectivity index (χ0v) is 15.1. The summed E-state index contributed by atoms with van der Waals surface area (Å²) in [6, 6.07) is 12.0. The van der Waals surface area contributed by atoms with Crippen LogP contribution < -0.4 is 14.9 Å². The minimum Gasteiger partial charge on any atom is -0.493 e. The van der Waals surface area contributed by atoms with Crippen LogP contribution in [0.4, 0.5) is 5.69 Å². The van der Waals surface area contributed by atoms with E-state index in [9.17, 15) is 4.79 Å². The Hall–Kier alpha value is -3.02. The summed E-state index contributed by atoms with van der Waals surface area (Å²) in [6.45, 7) is 2.82. The van der Waals surface area contributed by atoms with E-state index in [2.05, 4.69) is 17.5 Å². The van der Waals surface area contributed by atoms with E-state index in [4.69, 9.17) is 14.6 Å². The standard InChI is InChI=1S/C20H24N2O4/c1-3-4-5-11-26-18-10-9-15(12-19(18)25-2)14-21-22-17-8-6-7-16(13-17)20(23)24/h6-10,12-14,22H,3-5,11H2,1-2H3,(H,23,24)/b21-14+. The number of carbonyl (C=O) groups is 1. The van der Waals surface area contributed by atoms with Gasteiger partial charge in [0.05, 0.1) is 31.2 Å². The van der Waals surface area contributed by atoms with Crippen molar-refractivity contribution in [2.75, 3.05) is 19.1 Å². The largest absolute Gasteiger partial charge is 0.493 e. The molecule has 2 aromatic rings. The molecule has 0 aromatic heterocycles. The highest BCUT2D eigenvalue weighted by Gasteiger charge is 2.05. The Labute approximate surface area is 153 Å². The van der Waals surface area contributed by atoms with E-state index < -0.39 is 5.97 Å². The SMILES string of the molecule is CCCCCOc1ccc(/C=N/Nc2cccc(C(=O)O)c2)cc1OC. The maximum Gasteiger partial charge on any atom is 0.335 e. The minimum atomic E-state index is -0.975.